The topological polar surface area (TPSA) is 59.2 Å². The molecule has 0 atom stereocenters. The van der Waals surface area contributed by atoms with Gasteiger partial charge in [-0.05, 0) is 12.1 Å². The Morgan fingerprint density at radius 3 is 3.12 bits per heavy atom. The molecule has 1 aromatic carbocycles. The van der Waals surface area contributed by atoms with E-state index in [4.69, 9.17) is 9.47 Å². The van der Waals surface area contributed by atoms with Gasteiger partial charge in [-0.25, -0.2) is 4.98 Å². The molecule has 0 amide bonds. The lowest BCUT2D eigenvalue weighted by molar-refractivity contribution is 0.172. The number of rotatable bonds is 3. The summed E-state index contributed by atoms with van der Waals surface area (Å²) in [5.41, 5.74) is 0.929. The summed E-state index contributed by atoms with van der Waals surface area (Å²) in [6, 6.07) is 5.82. The second-order valence-corrected chi connectivity index (χ2v) is 3.72. The summed E-state index contributed by atoms with van der Waals surface area (Å²) in [5, 5.41) is 3.28. The molecule has 17 heavy (non-hydrogen) atoms. The van der Waals surface area contributed by atoms with Crippen LogP contribution in [0.1, 0.15) is 5.82 Å². The Kier molecular flexibility index (Phi) is 2.57. The third-order valence-electron chi connectivity index (χ3n) is 2.57. The molecule has 0 bridgehead atoms. The van der Waals surface area contributed by atoms with E-state index in [9.17, 15) is 0 Å². The molecule has 2 N–H and O–H groups in total. The number of ether oxygens (including phenoxy) is 2. The van der Waals surface area contributed by atoms with Crippen molar-refractivity contribution >= 4 is 5.69 Å². The summed E-state index contributed by atoms with van der Waals surface area (Å²) in [6.45, 7) is 1.83. The second-order valence-electron chi connectivity index (χ2n) is 3.72. The smallest absolute Gasteiger partial charge is 0.184 e. The van der Waals surface area contributed by atoms with Crippen LogP contribution in [0.2, 0.25) is 0 Å². The molecule has 0 saturated carbocycles. The summed E-state index contributed by atoms with van der Waals surface area (Å²) < 4.78 is 11.1. The zero-order valence-electron chi connectivity index (χ0n) is 9.27. The summed E-state index contributed by atoms with van der Waals surface area (Å²) >= 11 is 0. The van der Waals surface area contributed by atoms with Crippen molar-refractivity contribution in [2.45, 2.75) is 6.54 Å². The van der Waals surface area contributed by atoms with Crippen LogP contribution in [0.25, 0.3) is 0 Å². The normalized spacial score (nSPS) is 13.4. The van der Waals surface area contributed by atoms with Crippen LogP contribution in [0, 0.1) is 0 Å². The number of hydrogen-bond acceptors (Lipinski definition) is 4. The first-order chi connectivity index (χ1) is 8.43. The number of nitrogens with one attached hydrogen (secondary N) is 2. The molecular formula is C12H13N3O2. The Morgan fingerprint density at radius 1 is 1.29 bits per heavy atom. The van der Waals surface area contributed by atoms with Gasteiger partial charge in [0.05, 0.1) is 12.2 Å². The minimum Gasteiger partial charge on any atom is -0.486 e. The third-order valence-corrected chi connectivity index (χ3v) is 2.57. The summed E-state index contributed by atoms with van der Waals surface area (Å²) in [7, 11) is 0. The molecular weight excluding hydrogens is 218 g/mol. The van der Waals surface area contributed by atoms with E-state index < -0.39 is 0 Å². The van der Waals surface area contributed by atoms with E-state index in [1.807, 2.05) is 18.2 Å². The van der Waals surface area contributed by atoms with Gasteiger partial charge < -0.3 is 19.8 Å². The van der Waals surface area contributed by atoms with Crippen molar-refractivity contribution < 1.29 is 9.47 Å². The number of anilines is 1. The maximum atomic E-state index is 5.61. The summed E-state index contributed by atoms with van der Waals surface area (Å²) in [6.07, 6.45) is 3.54. The van der Waals surface area contributed by atoms with Crippen molar-refractivity contribution in [1.82, 2.24) is 9.97 Å². The highest BCUT2D eigenvalue weighted by atomic mass is 16.6. The first-order valence-electron chi connectivity index (χ1n) is 5.54. The van der Waals surface area contributed by atoms with Gasteiger partial charge in [-0.15, -0.1) is 0 Å². The quantitative estimate of drug-likeness (QED) is 0.845. The van der Waals surface area contributed by atoms with E-state index in [2.05, 4.69) is 15.3 Å². The van der Waals surface area contributed by atoms with E-state index in [0.717, 1.165) is 23.0 Å². The molecule has 2 heterocycles. The number of imidazole rings is 1. The fraction of sp³-hybridized carbons (Fsp3) is 0.250. The molecule has 0 saturated heterocycles. The minimum absolute atomic E-state index is 0.590. The number of H-pyrrole nitrogens is 1. The van der Waals surface area contributed by atoms with E-state index in [1.54, 1.807) is 12.4 Å². The van der Waals surface area contributed by atoms with Gasteiger partial charge in [0, 0.05) is 12.4 Å². The average molecular weight is 231 g/mol. The first kappa shape index (κ1) is 10.0. The van der Waals surface area contributed by atoms with Crippen molar-refractivity contribution in [3.63, 3.8) is 0 Å². The largest absolute Gasteiger partial charge is 0.486 e. The minimum atomic E-state index is 0.590. The Hall–Kier alpha value is -2.17. The number of aromatic amines is 1. The van der Waals surface area contributed by atoms with E-state index in [1.165, 1.54) is 0 Å². The monoisotopic (exact) mass is 231 g/mol. The highest BCUT2D eigenvalue weighted by Crippen LogP contribution is 2.37. The van der Waals surface area contributed by atoms with E-state index in [0.29, 0.717) is 19.8 Å². The van der Waals surface area contributed by atoms with Crippen LogP contribution in [0.3, 0.4) is 0 Å². The zero-order valence-corrected chi connectivity index (χ0v) is 9.27. The van der Waals surface area contributed by atoms with E-state index in [-0.39, 0.29) is 0 Å². The van der Waals surface area contributed by atoms with Gasteiger partial charge >= 0.3 is 0 Å². The molecule has 2 aromatic rings. The number of benzene rings is 1. The first-order valence-corrected chi connectivity index (χ1v) is 5.54. The predicted molar refractivity (Wildman–Crippen MR) is 63.3 cm³/mol. The van der Waals surface area contributed by atoms with Gasteiger partial charge in [-0.2, -0.15) is 0 Å². The van der Waals surface area contributed by atoms with Crippen LogP contribution in [-0.4, -0.2) is 23.2 Å². The molecule has 5 heteroatoms. The number of aromatic nitrogens is 2. The molecule has 1 aromatic heterocycles. The maximum absolute atomic E-state index is 5.61. The zero-order chi connectivity index (χ0) is 11.5. The molecule has 88 valence electrons. The van der Waals surface area contributed by atoms with Crippen molar-refractivity contribution in [2.75, 3.05) is 18.5 Å². The fourth-order valence-corrected chi connectivity index (χ4v) is 1.79. The summed E-state index contributed by atoms with van der Waals surface area (Å²) in [5.74, 6) is 2.46. The van der Waals surface area contributed by atoms with Gasteiger partial charge in [0.1, 0.15) is 19.0 Å². The fourth-order valence-electron chi connectivity index (χ4n) is 1.79. The SMILES string of the molecule is c1cc(NCc2ncc[nH]2)c2c(c1)OCCO2. The Morgan fingerprint density at radius 2 is 2.24 bits per heavy atom. The van der Waals surface area contributed by atoms with Gasteiger partial charge in [-0.3, -0.25) is 0 Å². The van der Waals surface area contributed by atoms with Crippen LogP contribution in [0.4, 0.5) is 5.69 Å². The van der Waals surface area contributed by atoms with Crippen LogP contribution in [-0.2, 0) is 6.54 Å². The van der Waals surface area contributed by atoms with Crippen LogP contribution in [0.15, 0.2) is 30.6 Å². The molecule has 3 rings (SSSR count). The molecule has 0 fully saturated rings. The molecule has 0 radical (unpaired) electrons. The Labute approximate surface area is 98.8 Å². The van der Waals surface area contributed by atoms with Gasteiger partial charge in [-0.1, -0.05) is 6.07 Å². The highest BCUT2D eigenvalue weighted by Gasteiger charge is 2.15. The van der Waals surface area contributed by atoms with Gasteiger partial charge in [0.25, 0.3) is 0 Å². The second kappa shape index (κ2) is 4.37. The molecule has 5 nitrogen and oxygen atoms in total. The molecule has 0 spiro atoms. The molecule has 1 aliphatic heterocycles. The van der Waals surface area contributed by atoms with E-state index >= 15 is 0 Å². The number of para-hydroxylation sites is 1. The lowest BCUT2D eigenvalue weighted by Gasteiger charge is -2.21. The van der Waals surface area contributed by atoms with Crippen molar-refractivity contribution in [1.29, 1.82) is 0 Å². The average Bonchev–Trinajstić information content (AvgIpc) is 2.89. The van der Waals surface area contributed by atoms with Gasteiger partial charge in [0.15, 0.2) is 11.5 Å². The van der Waals surface area contributed by atoms with Crippen LogP contribution in [0.5, 0.6) is 11.5 Å². The van der Waals surface area contributed by atoms with Crippen molar-refractivity contribution in [3.05, 3.63) is 36.4 Å². The number of nitrogens with zero attached hydrogens (tertiary/aromatic N) is 1. The predicted octanol–water partition coefficient (Wildman–Crippen LogP) is 1.79. The van der Waals surface area contributed by atoms with Gasteiger partial charge in [0.2, 0.25) is 0 Å². The highest BCUT2D eigenvalue weighted by molar-refractivity contribution is 5.63. The van der Waals surface area contributed by atoms with Crippen LogP contribution < -0.4 is 14.8 Å². The lowest BCUT2D eigenvalue weighted by Crippen LogP contribution is -2.16. The number of fused-ring (bicyclic) bond motifs is 1. The Balaban J connectivity index is 1.78. The third kappa shape index (κ3) is 2.04. The molecule has 0 unspecified atom stereocenters. The summed E-state index contributed by atoms with van der Waals surface area (Å²) in [4.78, 5) is 7.20. The number of hydrogen-bond donors (Lipinski definition) is 2. The molecule has 0 aliphatic carbocycles. The molecule has 1 aliphatic rings. The Bertz CT molecular complexity index is 496. The van der Waals surface area contributed by atoms with Crippen molar-refractivity contribution in [3.8, 4) is 11.5 Å². The van der Waals surface area contributed by atoms with Crippen LogP contribution >= 0.6 is 0 Å². The lowest BCUT2D eigenvalue weighted by atomic mass is 10.2. The standard InChI is InChI=1S/C12H13N3O2/c1-2-9(15-8-11-13-4-5-14-11)12-10(3-1)16-6-7-17-12/h1-5,15H,6-8H2,(H,13,14). The van der Waals surface area contributed by atoms with Crippen molar-refractivity contribution in [2.24, 2.45) is 0 Å². The maximum Gasteiger partial charge on any atom is 0.184 e.